The highest BCUT2D eigenvalue weighted by atomic mass is 32.1. The van der Waals surface area contributed by atoms with E-state index in [0.29, 0.717) is 30.0 Å². The Labute approximate surface area is 116 Å². The number of H-pyrrole nitrogens is 1. The third kappa shape index (κ3) is 3.40. The van der Waals surface area contributed by atoms with Crippen molar-refractivity contribution < 1.29 is 9.13 Å². The zero-order valence-corrected chi connectivity index (χ0v) is 12.0. The number of benzene rings is 1. The maximum atomic E-state index is 13.6. The lowest BCUT2D eigenvalue weighted by Crippen LogP contribution is -2.19. The predicted molar refractivity (Wildman–Crippen MR) is 76.5 cm³/mol. The van der Waals surface area contributed by atoms with Gasteiger partial charge in [-0.15, -0.1) is 0 Å². The third-order valence-electron chi connectivity index (χ3n) is 2.90. The molecule has 2 aromatic rings. The maximum absolute atomic E-state index is 13.6. The molecule has 0 bridgehead atoms. The highest BCUT2D eigenvalue weighted by Crippen LogP contribution is 2.17. The Kier molecular flexibility index (Phi) is 4.68. The normalized spacial score (nSPS) is 11.6. The molecule has 1 heterocycles. The van der Waals surface area contributed by atoms with Crippen LogP contribution in [0.1, 0.15) is 0 Å². The first kappa shape index (κ1) is 14.2. The zero-order valence-electron chi connectivity index (χ0n) is 11.1. The summed E-state index contributed by atoms with van der Waals surface area (Å²) in [6.45, 7) is 2.74. The zero-order chi connectivity index (χ0) is 13.8. The number of nitrogens with one attached hydrogen (secondary N) is 1. The standard InChI is InChI=1S/C13H18FN3OS/c1-16(2)6-8-18-9-7-17-11-5-3-4-10(14)12(11)15-13(17)19/h3-5H,6-9H2,1-2H3,(H,15,19). The van der Waals surface area contributed by atoms with E-state index >= 15 is 0 Å². The van der Waals surface area contributed by atoms with Gasteiger partial charge in [0.2, 0.25) is 0 Å². The van der Waals surface area contributed by atoms with E-state index in [1.807, 2.05) is 24.7 Å². The van der Waals surface area contributed by atoms with Gasteiger partial charge in [0.05, 0.1) is 18.7 Å². The first-order chi connectivity index (χ1) is 9.09. The molecule has 1 aromatic carbocycles. The summed E-state index contributed by atoms with van der Waals surface area (Å²) >= 11 is 5.21. The van der Waals surface area contributed by atoms with Crippen LogP contribution in [0.2, 0.25) is 0 Å². The van der Waals surface area contributed by atoms with Crippen LogP contribution in [0.25, 0.3) is 11.0 Å². The summed E-state index contributed by atoms with van der Waals surface area (Å²) in [6, 6.07) is 4.96. The van der Waals surface area contributed by atoms with E-state index in [1.54, 1.807) is 6.07 Å². The second-order valence-electron chi connectivity index (χ2n) is 4.63. The van der Waals surface area contributed by atoms with Crippen molar-refractivity contribution >= 4 is 23.3 Å². The molecule has 0 spiro atoms. The van der Waals surface area contributed by atoms with Gasteiger partial charge in [-0.25, -0.2) is 4.39 Å². The molecule has 0 amide bonds. The van der Waals surface area contributed by atoms with Crippen molar-refractivity contribution in [3.8, 4) is 0 Å². The van der Waals surface area contributed by atoms with Crippen LogP contribution in [-0.4, -0.2) is 48.3 Å². The number of aromatic amines is 1. The number of ether oxygens (including phenoxy) is 1. The Bertz CT molecular complexity index is 605. The van der Waals surface area contributed by atoms with Gasteiger partial charge in [0.25, 0.3) is 0 Å². The van der Waals surface area contributed by atoms with E-state index in [2.05, 4.69) is 9.88 Å². The lowest BCUT2D eigenvalue weighted by Gasteiger charge is -2.10. The van der Waals surface area contributed by atoms with Gasteiger partial charge >= 0.3 is 0 Å². The summed E-state index contributed by atoms with van der Waals surface area (Å²) in [5, 5.41) is 0. The average molecular weight is 283 g/mol. The summed E-state index contributed by atoms with van der Waals surface area (Å²) in [5.41, 5.74) is 1.24. The molecule has 6 heteroatoms. The molecule has 4 nitrogen and oxygen atoms in total. The number of hydrogen-bond donors (Lipinski definition) is 1. The fraction of sp³-hybridized carbons (Fsp3) is 0.462. The van der Waals surface area contributed by atoms with E-state index in [-0.39, 0.29) is 5.82 Å². The molecule has 2 rings (SSSR count). The average Bonchev–Trinajstić information content (AvgIpc) is 2.67. The first-order valence-electron chi connectivity index (χ1n) is 6.19. The molecule has 0 aliphatic heterocycles. The molecule has 1 aromatic heterocycles. The Hall–Kier alpha value is -1.24. The quantitative estimate of drug-likeness (QED) is 0.653. The summed E-state index contributed by atoms with van der Waals surface area (Å²) in [6.07, 6.45) is 0. The largest absolute Gasteiger partial charge is 0.378 e. The number of nitrogens with zero attached hydrogens (tertiary/aromatic N) is 2. The molecule has 1 N–H and O–H groups in total. The molecule has 0 saturated carbocycles. The molecular weight excluding hydrogens is 265 g/mol. The van der Waals surface area contributed by atoms with E-state index in [0.717, 1.165) is 12.1 Å². The Morgan fingerprint density at radius 2 is 2.16 bits per heavy atom. The van der Waals surface area contributed by atoms with Crippen LogP contribution in [0.5, 0.6) is 0 Å². The van der Waals surface area contributed by atoms with Gasteiger partial charge in [-0.2, -0.15) is 0 Å². The van der Waals surface area contributed by atoms with Gasteiger partial charge in [-0.1, -0.05) is 6.07 Å². The van der Waals surface area contributed by atoms with Crippen LogP contribution < -0.4 is 0 Å². The van der Waals surface area contributed by atoms with Crippen LogP contribution >= 0.6 is 12.2 Å². The van der Waals surface area contributed by atoms with Crippen LogP contribution in [-0.2, 0) is 11.3 Å². The summed E-state index contributed by atoms with van der Waals surface area (Å²) in [7, 11) is 4.00. The van der Waals surface area contributed by atoms with Crippen molar-refractivity contribution in [3.63, 3.8) is 0 Å². The Morgan fingerprint density at radius 1 is 1.37 bits per heavy atom. The van der Waals surface area contributed by atoms with Crippen LogP contribution in [0.4, 0.5) is 4.39 Å². The number of halogens is 1. The van der Waals surface area contributed by atoms with Crippen LogP contribution in [0.3, 0.4) is 0 Å². The maximum Gasteiger partial charge on any atom is 0.178 e. The minimum Gasteiger partial charge on any atom is -0.378 e. The topological polar surface area (TPSA) is 33.2 Å². The Balaban J connectivity index is 2.03. The van der Waals surface area contributed by atoms with Gasteiger partial charge in [-0.05, 0) is 38.4 Å². The lowest BCUT2D eigenvalue weighted by atomic mass is 10.3. The molecule has 0 aliphatic carbocycles. The number of likely N-dealkylation sites (N-methyl/N-ethyl adjacent to an activating group) is 1. The number of fused-ring (bicyclic) bond motifs is 1. The number of imidazole rings is 1. The highest BCUT2D eigenvalue weighted by molar-refractivity contribution is 7.71. The highest BCUT2D eigenvalue weighted by Gasteiger charge is 2.07. The van der Waals surface area contributed by atoms with E-state index < -0.39 is 0 Å². The third-order valence-corrected chi connectivity index (χ3v) is 3.22. The molecule has 104 valence electrons. The fourth-order valence-corrected chi connectivity index (χ4v) is 2.16. The minimum absolute atomic E-state index is 0.282. The van der Waals surface area contributed by atoms with Crippen molar-refractivity contribution in [1.82, 2.24) is 14.5 Å². The van der Waals surface area contributed by atoms with Crippen LogP contribution in [0.15, 0.2) is 18.2 Å². The number of hydrogen-bond acceptors (Lipinski definition) is 3. The van der Waals surface area contributed by atoms with Crippen molar-refractivity contribution in [2.75, 3.05) is 33.9 Å². The molecule has 0 radical (unpaired) electrons. The Morgan fingerprint density at radius 3 is 2.89 bits per heavy atom. The van der Waals surface area contributed by atoms with Gasteiger partial charge in [0.15, 0.2) is 4.77 Å². The van der Waals surface area contributed by atoms with Crippen molar-refractivity contribution in [3.05, 3.63) is 28.8 Å². The summed E-state index contributed by atoms with van der Waals surface area (Å²) in [5.74, 6) is -0.282. The monoisotopic (exact) mass is 283 g/mol. The molecule has 19 heavy (non-hydrogen) atoms. The van der Waals surface area contributed by atoms with E-state index in [9.17, 15) is 4.39 Å². The molecule has 0 saturated heterocycles. The van der Waals surface area contributed by atoms with Crippen molar-refractivity contribution in [1.29, 1.82) is 0 Å². The van der Waals surface area contributed by atoms with Gasteiger partial charge < -0.3 is 19.2 Å². The smallest absolute Gasteiger partial charge is 0.178 e. The summed E-state index contributed by atoms with van der Waals surface area (Å²) in [4.78, 5) is 4.96. The first-order valence-corrected chi connectivity index (χ1v) is 6.60. The fourth-order valence-electron chi connectivity index (χ4n) is 1.87. The number of aromatic nitrogens is 2. The van der Waals surface area contributed by atoms with Gasteiger partial charge in [-0.3, -0.25) is 0 Å². The van der Waals surface area contributed by atoms with Gasteiger partial charge in [0.1, 0.15) is 11.3 Å². The lowest BCUT2D eigenvalue weighted by molar-refractivity contribution is 0.111. The van der Waals surface area contributed by atoms with Crippen molar-refractivity contribution in [2.24, 2.45) is 0 Å². The SMILES string of the molecule is CN(C)CCOCCn1c(=S)[nH]c2c(F)cccc21. The van der Waals surface area contributed by atoms with E-state index in [4.69, 9.17) is 17.0 Å². The summed E-state index contributed by atoms with van der Waals surface area (Å²) < 4.78 is 21.5. The van der Waals surface area contributed by atoms with Crippen LogP contribution in [0, 0.1) is 10.6 Å². The molecule has 0 unspecified atom stereocenters. The number of para-hydroxylation sites is 1. The van der Waals surface area contributed by atoms with Crippen molar-refractivity contribution in [2.45, 2.75) is 6.54 Å². The predicted octanol–water partition coefficient (Wildman–Crippen LogP) is 2.42. The second-order valence-corrected chi connectivity index (χ2v) is 5.02. The minimum atomic E-state index is -0.282. The molecular formula is C13H18FN3OS. The van der Waals surface area contributed by atoms with E-state index in [1.165, 1.54) is 6.07 Å². The second kappa shape index (κ2) is 6.27. The number of rotatable bonds is 6. The molecule has 0 fully saturated rings. The molecule has 0 aliphatic rings. The molecule has 0 atom stereocenters. The van der Waals surface area contributed by atoms with Gasteiger partial charge in [0, 0.05) is 13.1 Å².